The predicted octanol–water partition coefficient (Wildman–Crippen LogP) is 1.13. The summed E-state index contributed by atoms with van der Waals surface area (Å²) in [6.45, 7) is 11.7. The molecule has 7 heteroatoms. The summed E-state index contributed by atoms with van der Waals surface area (Å²) in [6.07, 6.45) is 6.30. The summed E-state index contributed by atoms with van der Waals surface area (Å²) >= 11 is 0. The molecule has 2 unspecified atom stereocenters. The third-order valence-corrected chi connectivity index (χ3v) is 6.69. The number of hydrogen-bond donors (Lipinski definition) is 2. The maximum Gasteiger partial charge on any atom is 0.236 e. The zero-order valence-corrected chi connectivity index (χ0v) is 17.8. The molecule has 28 heavy (non-hydrogen) atoms. The molecule has 1 saturated carbocycles. The van der Waals surface area contributed by atoms with Gasteiger partial charge in [0, 0.05) is 51.2 Å². The number of carbonyl (C=O) groups excluding carboxylic acids is 1. The minimum absolute atomic E-state index is 0.108. The molecule has 3 rings (SSSR count). The van der Waals surface area contributed by atoms with Gasteiger partial charge in [0.2, 0.25) is 5.91 Å². The second-order valence-electron chi connectivity index (χ2n) is 8.94. The van der Waals surface area contributed by atoms with E-state index in [1.807, 2.05) is 4.90 Å². The summed E-state index contributed by atoms with van der Waals surface area (Å²) < 4.78 is 0. The molecule has 1 amide bonds. The number of nitrogens with zero attached hydrogens (tertiary/aromatic N) is 4. The van der Waals surface area contributed by atoms with Crippen LogP contribution in [-0.2, 0) is 4.79 Å². The molecule has 7 nitrogen and oxygen atoms in total. The summed E-state index contributed by atoms with van der Waals surface area (Å²) in [5.74, 6) is 1.23. The molecule has 0 radical (unpaired) electrons. The quantitative estimate of drug-likeness (QED) is 0.541. The van der Waals surface area contributed by atoms with E-state index in [2.05, 4.69) is 29.0 Å². The van der Waals surface area contributed by atoms with Crippen LogP contribution in [0.2, 0.25) is 0 Å². The number of aliphatic hydroxyl groups is 1. The van der Waals surface area contributed by atoms with Gasteiger partial charge >= 0.3 is 0 Å². The van der Waals surface area contributed by atoms with E-state index in [-0.39, 0.29) is 17.4 Å². The summed E-state index contributed by atoms with van der Waals surface area (Å²) in [5, 5.41) is 13.9. The Bertz CT molecular complexity index is 541. The molecule has 0 aromatic heterocycles. The monoisotopic (exact) mass is 393 g/mol. The van der Waals surface area contributed by atoms with Crippen LogP contribution in [0.1, 0.15) is 52.4 Å². The number of guanidine groups is 1. The molecule has 0 aromatic rings. The van der Waals surface area contributed by atoms with Crippen LogP contribution >= 0.6 is 0 Å². The topological polar surface area (TPSA) is 71.4 Å². The maximum atomic E-state index is 12.4. The molecule has 3 fully saturated rings. The number of carbonyl (C=O) groups is 1. The highest BCUT2D eigenvalue weighted by Gasteiger charge is 2.35. The lowest BCUT2D eigenvalue weighted by Gasteiger charge is -2.39. The minimum Gasteiger partial charge on any atom is -0.392 e. The van der Waals surface area contributed by atoms with Crippen LogP contribution in [0.3, 0.4) is 0 Å². The predicted molar refractivity (Wildman–Crippen MR) is 112 cm³/mol. The van der Waals surface area contributed by atoms with Crippen molar-refractivity contribution in [3.63, 3.8) is 0 Å². The SMILES string of the molecule is CCNC(=NCC1(C)CCCCC1O)N1CCN(CC(=O)N2CCCC2)CC1. The lowest BCUT2D eigenvalue weighted by atomic mass is 9.73. The first-order valence-corrected chi connectivity index (χ1v) is 11.2. The number of nitrogens with one attached hydrogen (secondary N) is 1. The van der Waals surface area contributed by atoms with Crippen molar-refractivity contribution in [1.82, 2.24) is 20.0 Å². The summed E-state index contributed by atoms with van der Waals surface area (Å²) in [4.78, 5) is 23.9. The van der Waals surface area contributed by atoms with Crippen molar-refractivity contribution < 1.29 is 9.90 Å². The summed E-state index contributed by atoms with van der Waals surface area (Å²) in [6, 6.07) is 0. The standard InChI is InChI=1S/C21H39N5O2/c1-3-22-20(23-17-21(2)9-5-4-8-18(21)27)26-14-12-24(13-15-26)16-19(28)25-10-6-7-11-25/h18,27H,3-17H2,1-2H3,(H,22,23). The molecular formula is C21H39N5O2. The molecule has 2 aliphatic heterocycles. The van der Waals surface area contributed by atoms with Gasteiger partial charge in [-0.3, -0.25) is 14.7 Å². The Morgan fingerprint density at radius 1 is 1.07 bits per heavy atom. The van der Waals surface area contributed by atoms with Gasteiger partial charge in [-0.2, -0.15) is 0 Å². The van der Waals surface area contributed by atoms with Crippen LogP contribution in [0, 0.1) is 5.41 Å². The van der Waals surface area contributed by atoms with E-state index in [4.69, 9.17) is 4.99 Å². The number of likely N-dealkylation sites (tertiary alicyclic amines) is 1. The lowest BCUT2D eigenvalue weighted by molar-refractivity contribution is -0.131. The fourth-order valence-electron chi connectivity index (χ4n) is 4.62. The average molecular weight is 394 g/mol. The normalized spacial score (nSPS) is 30.0. The number of rotatable bonds is 5. The molecule has 2 heterocycles. The van der Waals surface area contributed by atoms with Gasteiger partial charge in [0.1, 0.15) is 0 Å². The van der Waals surface area contributed by atoms with E-state index < -0.39 is 0 Å². The first-order valence-electron chi connectivity index (χ1n) is 11.2. The number of aliphatic imine (C=N–C) groups is 1. The molecule has 1 aliphatic carbocycles. The van der Waals surface area contributed by atoms with Crippen molar-refractivity contribution in [2.24, 2.45) is 10.4 Å². The molecular weight excluding hydrogens is 354 g/mol. The largest absolute Gasteiger partial charge is 0.392 e. The molecule has 3 aliphatic rings. The number of aliphatic hydroxyl groups excluding tert-OH is 1. The number of hydrogen-bond acceptors (Lipinski definition) is 4. The van der Waals surface area contributed by atoms with Crippen LogP contribution in [0.25, 0.3) is 0 Å². The first-order chi connectivity index (χ1) is 13.5. The highest BCUT2D eigenvalue weighted by molar-refractivity contribution is 5.80. The van der Waals surface area contributed by atoms with Crippen LogP contribution in [0.5, 0.6) is 0 Å². The molecule has 2 saturated heterocycles. The highest BCUT2D eigenvalue weighted by atomic mass is 16.3. The Hall–Kier alpha value is -1.34. The van der Waals surface area contributed by atoms with E-state index in [1.165, 1.54) is 6.42 Å². The molecule has 0 spiro atoms. The van der Waals surface area contributed by atoms with Crippen molar-refractivity contribution in [3.8, 4) is 0 Å². The van der Waals surface area contributed by atoms with Gasteiger partial charge in [0.05, 0.1) is 19.2 Å². The lowest BCUT2D eigenvalue weighted by Crippen LogP contribution is -2.54. The third kappa shape index (κ3) is 5.38. The van der Waals surface area contributed by atoms with Crippen LogP contribution < -0.4 is 5.32 Å². The van der Waals surface area contributed by atoms with E-state index in [9.17, 15) is 9.90 Å². The van der Waals surface area contributed by atoms with Gasteiger partial charge in [-0.1, -0.05) is 19.8 Å². The average Bonchev–Trinajstić information content (AvgIpc) is 3.23. The Morgan fingerprint density at radius 2 is 1.79 bits per heavy atom. The zero-order valence-electron chi connectivity index (χ0n) is 17.8. The smallest absolute Gasteiger partial charge is 0.236 e. The Labute approximate surface area is 170 Å². The maximum absolute atomic E-state index is 12.4. The zero-order chi connectivity index (χ0) is 20.0. The molecule has 0 bridgehead atoms. The molecule has 160 valence electrons. The molecule has 2 N–H and O–H groups in total. The molecule has 0 aromatic carbocycles. The van der Waals surface area contributed by atoms with Crippen LogP contribution in [0.4, 0.5) is 0 Å². The number of amides is 1. The molecule has 2 atom stereocenters. The fourth-order valence-corrected chi connectivity index (χ4v) is 4.62. The van der Waals surface area contributed by atoms with Gasteiger partial charge in [0.25, 0.3) is 0 Å². The second kappa shape index (κ2) is 9.92. The van der Waals surface area contributed by atoms with E-state index in [1.54, 1.807) is 0 Å². The Kier molecular flexibility index (Phi) is 7.57. The van der Waals surface area contributed by atoms with Crippen molar-refractivity contribution in [1.29, 1.82) is 0 Å². The first kappa shape index (κ1) is 21.4. The van der Waals surface area contributed by atoms with Crippen LogP contribution in [-0.4, -0.2) is 96.7 Å². The van der Waals surface area contributed by atoms with Crippen molar-refractivity contribution in [3.05, 3.63) is 0 Å². The van der Waals surface area contributed by atoms with Gasteiger partial charge in [-0.25, -0.2) is 0 Å². The van der Waals surface area contributed by atoms with Gasteiger partial charge in [-0.05, 0) is 32.6 Å². The van der Waals surface area contributed by atoms with Crippen LogP contribution in [0.15, 0.2) is 4.99 Å². The van der Waals surface area contributed by atoms with E-state index in [0.717, 1.165) is 83.9 Å². The van der Waals surface area contributed by atoms with Crippen molar-refractivity contribution in [2.75, 3.05) is 58.9 Å². The third-order valence-electron chi connectivity index (χ3n) is 6.69. The Balaban J connectivity index is 1.51. The Morgan fingerprint density at radius 3 is 2.43 bits per heavy atom. The van der Waals surface area contributed by atoms with E-state index >= 15 is 0 Å². The second-order valence-corrected chi connectivity index (χ2v) is 8.94. The van der Waals surface area contributed by atoms with Gasteiger partial charge in [0.15, 0.2) is 5.96 Å². The van der Waals surface area contributed by atoms with Crippen molar-refractivity contribution >= 4 is 11.9 Å². The van der Waals surface area contributed by atoms with Crippen molar-refractivity contribution in [2.45, 2.75) is 58.5 Å². The highest BCUT2D eigenvalue weighted by Crippen LogP contribution is 2.36. The number of piperazine rings is 1. The summed E-state index contributed by atoms with van der Waals surface area (Å²) in [5.41, 5.74) is -0.108. The summed E-state index contributed by atoms with van der Waals surface area (Å²) in [7, 11) is 0. The minimum atomic E-state index is -0.249. The fraction of sp³-hybridized carbons (Fsp3) is 0.905. The van der Waals surface area contributed by atoms with Gasteiger partial charge in [-0.15, -0.1) is 0 Å². The van der Waals surface area contributed by atoms with Gasteiger partial charge < -0.3 is 20.2 Å². The van der Waals surface area contributed by atoms with E-state index in [0.29, 0.717) is 13.1 Å².